The van der Waals surface area contributed by atoms with Crippen molar-refractivity contribution in [3.05, 3.63) is 29.8 Å². The number of hydrazine groups is 1. The van der Waals surface area contributed by atoms with E-state index in [-0.39, 0.29) is 18.0 Å². The maximum Gasteiger partial charge on any atom is 0.241 e. The highest BCUT2D eigenvalue weighted by molar-refractivity contribution is 5.82. The number of carbonyl (C=O) groups excluding carboxylic acids is 1. The number of hydrogen-bond acceptors (Lipinski definition) is 4. The first-order valence-electron chi connectivity index (χ1n) is 8.13. The summed E-state index contributed by atoms with van der Waals surface area (Å²) in [5.41, 5.74) is 7.54. The zero-order chi connectivity index (χ0) is 15.9. The molecule has 1 aromatic rings. The molecule has 1 fully saturated rings. The third-order valence-corrected chi connectivity index (χ3v) is 4.00. The molecule has 2 rings (SSSR count). The van der Waals surface area contributed by atoms with Gasteiger partial charge in [0.05, 0.1) is 7.11 Å². The number of hydrogen-bond donors (Lipinski definition) is 2. The van der Waals surface area contributed by atoms with Gasteiger partial charge in [-0.2, -0.15) is 0 Å². The topological polar surface area (TPSA) is 53.6 Å². The Bertz CT molecular complexity index is 487. The highest BCUT2D eigenvalue weighted by atomic mass is 16.5. The van der Waals surface area contributed by atoms with Crippen LogP contribution in [0.4, 0.5) is 0 Å². The van der Waals surface area contributed by atoms with Gasteiger partial charge in [-0.25, -0.2) is 10.9 Å². The third-order valence-electron chi connectivity index (χ3n) is 4.00. The minimum absolute atomic E-state index is 0.133. The predicted octanol–water partition coefficient (Wildman–Crippen LogP) is 2.25. The van der Waals surface area contributed by atoms with Crippen LogP contribution in [0.1, 0.15) is 44.7 Å². The number of methoxy groups -OCH3 is 1. The van der Waals surface area contributed by atoms with Crippen LogP contribution in [0, 0.1) is 0 Å². The number of benzene rings is 1. The summed E-state index contributed by atoms with van der Waals surface area (Å²) >= 11 is 0. The molecule has 0 aromatic heterocycles. The summed E-state index contributed by atoms with van der Waals surface area (Å²) in [6, 6.07) is 7.96. The molecule has 0 saturated carbocycles. The highest BCUT2D eigenvalue weighted by Crippen LogP contribution is 2.26. The zero-order valence-corrected chi connectivity index (χ0v) is 13.8. The number of amides is 1. The second-order valence-corrected chi connectivity index (χ2v) is 5.73. The standard InChI is InChI=1S/C17H27N3O2/c1-4-9-20(10-5-2)17(21)16-12-15(18-19-16)13-7-6-8-14(11-13)22-3/h6-8,11,15-16,18-19H,4-5,9-10,12H2,1-3H3. The minimum atomic E-state index is -0.158. The molecule has 1 amide bonds. The van der Waals surface area contributed by atoms with Gasteiger partial charge in [0.1, 0.15) is 11.8 Å². The highest BCUT2D eigenvalue weighted by Gasteiger charge is 2.32. The van der Waals surface area contributed by atoms with Crippen molar-refractivity contribution in [2.45, 2.75) is 45.2 Å². The molecule has 2 unspecified atom stereocenters. The van der Waals surface area contributed by atoms with Crippen molar-refractivity contribution in [3.8, 4) is 5.75 Å². The minimum Gasteiger partial charge on any atom is -0.497 e. The largest absolute Gasteiger partial charge is 0.497 e. The molecule has 5 nitrogen and oxygen atoms in total. The molecule has 122 valence electrons. The first-order valence-corrected chi connectivity index (χ1v) is 8.13. The molecular weight excluding hydrogens is 278 g/mol. The quantitative estimate of drug-likeness (QED) is 0.811. The van der Waals surface area contributed by atoms with Crippen molar-refractivity contribution in [2.24, 2.45) is 0 Å². The molecule has 1 heterocycles. The fraction of sp³-hybridized carbons (Fsp3) is 0.588. The van der Waals surface area contributed by atoms with Crippen LogP contribution >= 0.6 is 0 Å². The molecule has 1 aromatic carbocycles. The molecule has 2 N–H and O–H groups in total. The van der Waals surface area contributed by atoms with Gasteiger partial charge in [-0.3, -0.25) is 4.79 Å². The van der Waals surface area contributed by atoms with E-state index in [2.05, 4.69) is 30.8 Å². The van der Waals surface area contributed by atoms with Gasteiger partial charge >= 0.3 is 0 Å². The van der Waals surface area contributed by atoms with Crippen LogP contribution < -0.4 is 15.6 Å². The van der Waals surface area contributed by atoms with Crippen molar-refractivity contribution < 1.29 is 9.53 Å². The summed E-state index contributed by atoms with van der Waals surface area (Å²) in [7, 11) is 1.67. The molecule has 5 heteroatoms. The molecule has 1 saturated heterocycles. The van der Waals surface area contributed by atoms with Gasteiger partial charge in [0.25, 0.3) is 0 Å². The maximum atomic E-state index is 12.6. The lowest BCUT2D eigenvalue weighted by atomic mass is 10.0. The van der Waals surface area contributed by atoms with Crippen LogP contribution in [0.15, 0.2) is 24.3 Å². The molecule has 0 aliphatic carbocycles. The number of rotatable bonds is 7. The SMILES string of the molecule is CCCN(CCC)C(=O)C1CC(c2cccc(OC)c2)NN1. The van der Waals surface area contributed by atoms with E-state index in [9.17, 15) is 4.79 Å². The van der Waals surface area contributed by atoms with Crippen LogP contribution in [0.5, 0.6) is 5.75 Å². The Balaban J connectivity index is 2.00. The molecule has 0 bridgehead atoms. The van der Waals surface area contributed by atoms with Crippen LogP contribution in [0.25, 0.3) is 0 Å². The lowest BCUT2D eigenvalue weighted by molar-refractivity contribution is -0.133. The molecule has 1 aliphatic heterocycles. The van der Waals surface area contributed by atoms with E-state index in [4.69, 9.17) is 4.74 Å². The van der Waals surface area contributed by atoms with Crippen LogP contribution in [-0.4, -0.2) is 37.0 Å². The summed E-state index contributed by atoms with van der Waals surface area (Å²) in [6.45, 7) is 5.87. The van der Waals surface area contributed by atoms with Crippen molar-refractivity contribution in [1.82, 2.24) is 15.8 Å². The Labute approximate surface area is 133 Å². The summed E-state index contributed by atoms with van der Waals surface area (Å²) in [5.74, 6) is 1.04. The molecule has 2 atom stereocenters. The Morgan fingerprint density at radius 2 is 2.00 bits per heavy atom. The lowest BCUT2D eigenvalue weighted by Gasteiger charge is -2.24. The Morgan fingerprint density at radius 1 is 1.27 bits per heavy atom. The zero-order valence-electron chi connectivity index (χ0n) is 13.8. The van der Waals surface area contributed by atoms with Gasteiger partial charge in [-0.1, -0.05) is 26.0 Å². The Morgan fingerprint density at radius 3 is 2.64 bits per heavy atom. The van der Waals surface area contributed by atoms with Crippen molar-refractivity contribution in [1.29, 1.82) is 0 Å². The average Bonchev–Trinajstić information content (AvgIpc) is 3.04. The van der Waals surface area contributed by atoms with Crippen molar-refractivity contribution in [2.75, 3.05) is 20.2 Å². The van der Waals surface area contributed by atoms with E-state index in [0.717, 1.165) is 43.7 Å². The maximum absolute atomic E-state index is 12.6. The van der Waals surface area contributed by atoms with E-state index >= 15 is 0 Å². The molecular formula is C17H27N3O2. The van der Waals surface area contributed by atoms with Crippen LogP contribution in [-0.2, 0) is 4.79 Å². The van der Waals surface area contributed by atoms with Crippen LogP contribution in [0.3, 0.4) is 0 Å². The van der Waals surface area contributed by atoms with Gasteiger partial charge in [-0.15, -0.1) is 0 Å². The molecule has 0 radical (unpaired) electrons. The normalized spacial score (nSPS) is 20.9. The van der Waals surface area contributed by atoms with E-state index in [0.29, 0.717) is 0 Å². The molecule has 1 aliphatic rings. The number of nitrogens with zero attached hydrogens (tertiary/aromatic N) is 1. The fourth-order valence-corrected chi connectivity index (χ4v) is 2.89. The van der Waals surface area contributed by atoms with Crippen LogP contribution in [0.2, 0.25) is 0 Å². The summed E-state index contributed by atoms with van der Waals surface area (Å²) in [5, 5.41) is 0. The number of ether oxygens (including phenoxy) is 1. The van der Waals surface area contributed by atoms with E-state index in [1.54, 1.807) is 7.11 Å². The molecule has 22 heavy (non-hydrogen) atoms. The summed E-state index contributed by atoms with van der Waals surface area (Å²) in [4.78, 5) is 14.6. The first kappa shape index (κ1) is 16.8. The number of carbonyl (C=O) groups is 1. The van der Waals surface area contributed by atoms with Crippen molar-refractivity contribution in [3.63, 3.8) is 0 Å². The van der Waals surface area contributed by atoms with Gasteiger partial charge in [0.15, 0.2) is 0 Å². The molecule has 0 spiro atoms. The van der Waals surface area contributed by atoms with Crippen molar-refractivity contribution >= 4 is 5.91 Å². The second-order valence-electron chi connectivity index (χ2n) is 5.73. The van der Waals surface area contributed by atoms with E-state index in [1.807, 2.05) is 23.1 Å². The van der Waals surface area contributed by atoms with Gasteiger partial charge in [0.2, 0.25) is 5.91 Å². The van der Waals surface area contributed by atoms with Gasteiger partial charge in [-0.05, 0) is 37.0 Å². The van der Waals surface area contributed by atoms with E-state index < -0.39 is 0 Å². The third kappa shape index (κ3) is 3.99. The monoisotopic (exact) mass is 305 g/mol. The van der Waals surface area contributed by atoms with Gasteiger partial charge in [0, 0.05) is 19.1 Å². The van der Waals surface area contributed by atoms with E-state index in [1.165, 1.54) is 0 Å². The fourth-order valence-electron chi connectivity index (χ4n) is 2.89. The first-order chi connectivity index (χ1) is 10.7. The average molecular weight is 305 g/mol. The second kappa shape index (κ2) is 8.15. The van der Waals surface area contributed by atoms with Gasteiger partial charge < -0.3 is 9.64 Å². The smallest absolute Gasteiger partial charge is 0.241 e. The lowest BCUT2D eigenvalue weighted by Crippen LogP contribution is -2.46. The number of nitrogens with one attached hydrogen (secondary N) is 2. The Kier molecular flexibility index (Phi) is 6.21. The summed E-state index contributed by atoms with van der Waals surface area (Å²) < 4.78 is 5.27. The predicted molar refractivity (Wildman–Crippen MR) is 87.6 cm³/mol. The Hall–Kier alpha value is -1.59. The summed E-state index contributed by atoms with van der Waals surface area (Å²) in [6.07, 6.45) is 2.74.